The van der Waals surface area contributed by atoms with Gasteiger partial charge in [-0.15, -0.1) is 11.8 Å². The van der Waals surface area contributed by atoms with Crippen LogP contribution in [-0.2, 0) is 19.1 Å². The Bertz CT molecular complexity index is 2030. The highest BCUT2D eigenvalue weighted by Crippen LogP contribution is 2.68. The van der Waals surface area contributed by atoms with E-state index in [9.17, 15) is 28.4 Å². The lowest BCUT2D eigenvalue weighted by Gasteiger charge is -2.43. The molecule has 2 aliphatic heterocycles. The van der Waals surface area contributed by atoms with Gasteiger partial charge in [0.1, 0.15) is 11.6 Å². The topological polar surface area (TPSA) is 135 Å². The fourth-order valence-electron chi connectivity index (χ4n) is 8.26. The predicted octanol–water partition coefficient (Wildman–Crippen LogP) is 5.45. The molecule has 6 unspecified atom stereocenters. The lowest BCUT2D eigenvalue weighted by atomic mass is 9.68. The summed E-state index contributed by atoms with van der Waals surface area (Å²) in [5, 5.41) is 3.59. The number of ether oxygens (including phenoxy) is 2. The van der Waals surface area contributed by atoms with Crippen molar-refractivity contribution in [3.63, 3.8) is 0 Å². The fourth-order valence-corrected chi connectivity index (χ4v) is 11.1. The van der Waals surface area contributed by atoms with Gasteiger partial charge in [-0.2, -0.15) is 0 Å². The molecule has 3 amide bonds. The highest BCUT2D eigenvalue weighted by atomic mass is 32.2. The van der Waals surface area contributed by atoms with E-state index in [1.165, 1.54) is 40.5 Å². The van der Waals surface area contributed by atoms with E-state index in [1.807, 2.05) is 12.1 Å². The Morgan fingerprint density at radius 1 is 0.939 bits per heavy atom. The van der Waals surface area contributed by atoms with Gasteiger partial charge < -0.3 is 19.8 Å². The minimum Gasteiger partial charge on any atom is -0.484 e. The van der Waals surface area contributed by atoms with E-state index in [0.717, 1.165) is 21.9 Å². The Morgan fingerprint density at radius 2 is 1.63 bits per heavy atom. The van der Waals surface area contributed by atoms with E-state index in [-0.39, 0.29) is 64.7 Å². The fraction of sp³-hybridized carbons (Fsp3) is 0.306. The molecule has 8 rings (SSSR count). The molecule has 3 aromatic carbocycles. The van der Waals surface area contributed by atoms with E-state index >= 15 is 0 Å². The molecule has 4 aromatic rings. The van der Waals surface area contributed by atoms with Crippen molar-refractivity contribution in [3.05, 3.63) is 104 Å². The van der Waals surface area contributed by atoms with Crippen molar-refractivity contribution in [3.8, 4) is 5.75 Å². The van der Waals surface area contributed by atoms with Crippen molar-refractivity contribution in [1.82, 2.24) is 4.98 Å². The molecule has 2 N–H and O–H groups in total. The summed E-state index contributed by atoms with van der Waals surface area (Å²) in [5.74, 6) is -2.37. The number of anilines is 2. The van der Waals surface area contributed by atoms with Gasteiger partial charge in [0, 0.05) is 21.7 Å². The second-order valence-corrected chi connectivity index (χ2v) is 14.9. The number of rotatable bonds is 8. The van der Waals surface area contributed by atoms with Crippen LogP contribution in [0.3, 0.4) is 0 Å². The van der Waals surface area contributed by atoms with Gasteiger partial charge in [0.05, 0.1) is 34.7 Å². The number of imide groups is 1. The number of carbonyl (C=O) groups is 4. The molecule has 4 aliphatic rings. The van der Waals surface area contributed by atoms with Crippen molar-refractivity contribution in [2.75, 3.05) is 23.4 Å². The smallest absolute Gasteiger partial charge is 0.338 e. The van der Waals surface area contributed by atoms with Crippen LogP contribution in [0.1, 0.15) is 40.1 Å². The number of halogens is 1. The quantitative estimate of drug-likeness (QED) is 0.183. The van der Waals surface area contributed by atoms with Gasteiger partial charge in [-0.05, 0) is 97.3 Å². The molecule has 3 fully saturated rings. The van der Waals surface area contributed by atoms with Crippen LogP contribution in [0, 0.1) is 35.4 Å². The summed E-state index contributed by atoms with van der Waals surface area (Å²) in [6.45, 7) is 1.77. The number of aromatic amines is 1. The number of hydrogen-bond donors (Lipinski definition) is 2. The molecular formula is C36H30FN3O7S2. The highest BCUT2D eigenvalue weighted by Gasteiger charge is 2.69. The number of amides is 3. The van der Waals surface area contributed by atoms with Crippen molar-refractivity contribution in [2.45, 2.75) is 29.5 Å². The molecule has 1 aromatic heterocycles. The Kier molecular flexibility index (Phi) is 7.91. The third kappa shape index (κ3) is 5.35. The number of nitrogens with one attached hydrogen (secondary N) is 2. The Labute approximate surface area is 288 Å². The van der Waals surface area contributed by atoms with Crippen LogP contribution in [0.5, 0.6) is 5.75 Å². The predicted molar refractivity (Wildman–Crippen MR) is 180 cm³/mol. The normalized spacial score (nSPS) is 26.2. The molecule has 13 heteroatoms. The van der Waals surface area contributed by atoms with Crippen LogP contribution < -0.4 is 19.8 Å². The summed E-state index contributed by atoms with van der Waals surface area (Å²) >= 11 is 2.79. The maximum atomic E-state index is 13.9. The summed E-state index contributed by atoms with van der Waals surface area (Å²) in [6.07, 6.45) is 0.754. The molecular weight excluding hydrogens is 670 g/mol. The van der Waals surface area contributed by atoms with Gasteiger partial charge in [-0.25, -0.2) is 9.18 Å². The van der Waals surface area contributed by atoms with Crippen molar-refractivity contribution >= 4 is 58.2 Å². The van der Waals surface area contributed by atoms with E-state index in [1.54, 1.807) is 55.1 Å². The van der Waals surface area contributed by atoms with Crippen LogP contribution >= 0.6 is 23.1 Å². The van der Waals surface area contributed by atoms with Crippen LogP contribution in [0.2, 0.25) is 0 Å². The molecule has 1 saturated heterocycles. The average molecular weight is 700 g/mol. The Balaban J connectivity index is 0.996. The number of thiazole rings is 1. The number of carbonyl (C=O) groups excluding carboxylic acids is 4. The Hall–Kier alpha value is -4.75. The van der Waals surface area contributed by atoms with Crippen LogP contribution in [-0.4, -0.2) is 47.1 Å². The lowest BCUT2D eigenvalue weighted by molar-refractivity contribution is -0.123. The molecule has 3 heterocycles. The van der Waals surface area contributed by atoms with Crippen molar-refractivity contribution in [2.24, 2.45) is 29.6 Å². The number of H-pyrrole nitrogens is 1. The first-order chi connectivity index (χ1) is 23.7. The number of benzene rings is 3. The monoisotopic (exact) mass is 699 g/mol. The molecule has 250 valence electrons. The highest BCUT2D eigenvalue weighted by molar-refractivity contribution is 8.00. The number of thioether (sulfide) groups is 1. The standard InChI is InChI=1S/C36H30FN3O7S2/c1-2-46-35(44)18-3-9-20(10-4-18)38-25(41)16-47-22-13-5-17(6-14-22)26-27-23-15-24(30(27)48-32-31(26)49-36(45)39-32)29-28(23)33(42)40(34(29)43)21-11-7-19(37)8-12-21/h3-14,23-24,26-30H,2,15-16H2,1H3,(H,38,41)(H,39,45)/t23?,24?,26-,27?,28?,29?,30?/m1/s1. The average Bonchev–Trinajstić information content (AvgIpc) is 3.84. The first-order valence-corrected chi connectivity index (χ1v) is 17.7. The summed E-state index contributed by atoms with van der Waals surface area (Å²) in [5.41, 5.74) is 2.25. The second-order valence-electron chi connectivity index (χ2n) is 12.7. The third-order valence-electron chi connectivity index (χ3n) is 10.1. The molecule has 0 spiro atoms. The van der Waals surface area contributed by atoms with Gasteiger partial charge >= 0.3 is 10.8 Å². The maximum absolute atomic E-state index is 13.9. The maximum Gasteiger partial charge on any atom is 0.338 e. The summed E-state index contributed by atoms with van der Waals surface area (Å²) in [4.78, 5) is 69.7. The SMILES string of the molecule is CCOC(=O)c1ccc(NC(=O)COc2ccc([C@H]3c4sc(=O)[nH]c4SC4C5CC(C6C(=O)N(c7ccc(F)cc7)C(=O)C56)C43)cc2)cc1. The minimum absolute atomic E-state index is 0.0212. The van der Waals surface area contributed by atoms with E-state index < -0.39 is 23.6 Å². The zero-order valence-corrected chi connectivity index (χ0v) is 27.7. The number of nitrogens with zero attached hydrogens (tertiary/aromatic N) is 1. The molecule has 2 aliphatic carbocycles. The molecule has 10 nitrogen and oxygen atoms in total. The van der Waals surface area contributed by atoms with Crippen molar-refractivity contribution < 1.29 is 33.0 Å². The van der Waals surface area contributed by atoms with Gasteiger partial charge in [-0.3, -0.25) is 24.1 Å². The third-order valence-corrected chi connectivity index (χ3v) is 12.7. The minimum atomic E-state index is -0.466. The first kappa shape index (κ1) is 31.5. The lowest BCUT2D eigenvalue weighted by Crippen LogP contribution is -2.42. The zero-order valence-electron chi connectivity index (χ0n) is 26.1. The first-order valence-electron chi connectivity index (χ1n) is 16.0. The number of esters is 1. The van der Waals surface area contributed by atoms with E-state index in [2.05, 4.69) is 10.3 Å². The van der Waals surface area contributed by atoms with Crippen LogP contribution in [0.15, 0.2) is 82.6 Å². The second kappa shape index (κ2) is 12.3. The van der Waals surface area contributed by atoms with E-state index in [0.29, 0.717) is 22.7 Å². The zero-order chi connectivity index (χ0) is 34.0. The van der Waals surface area contributed by atoms with Crippen molar-refractivity contribution in [1.29, 1.82) is 0 Å². The van der Waals surface area contributed by atoms with Crippen LogP contribution in [0.4, 0.5) is 15.8 Å². The number of aromatic nitrogens is 1. The van der Waals surface area contributed by atoms with Crippen LogP contribution in [0.25, 0.3) is 0 Å². The number of hydrogen-bond acceptors (Lipinski definition) is 9. The molecule has 2 bridgehead atoms. The number of fused-ring (bicyclic) bond motifs is 9. The van der Waals surface area contributed by atoms with Gasteiger partial charge in [0.15, 0.2) is 6.61 Å². The summed E-state index contributed by atoms with van der Waals surface area (Å²) in [7, 11) is 0. The van der Waals surface area contributed by atoms with Gasteiger partial charge in [0.25, 0.3) is 5.91 Å². The molecule has 2 saturated carbocycles. The Morgan fingerprint density at radius 3 is 2.33 bits per heavy atom. The largest absolute Gasteiger partial charge is 0.484 e. The van der Waals surface area contributed by atoms with Gasteiger partial charge in [0.2, 0.25) is 11.8 Å². The molecule has 7 atom stereocenters. The molecule has 0 radical (unpaired) electrons. The summed E-state index contributed by atoms with van der Waals surface area (Å²) in [6, 6.07) is 19.3. The molecule has 49 heavy (non-hydrogen) atoms. The van der Waals surface area contributed by atoms with E-state index in [4.69, 9.17) is 9.47 Å². The van der Waals surface area contributed by atoms with Gasteiger partial charge in [-0.1, -0.05) is 23.5 Å². The summed E-state index contributed by atoms with van der Waals surface area (Å²) < 4.78 is 24.4.